The Morgan fingerprint density at radius 1 is 1.29 bits per heavy atom. The van der Waals surface area contributed by atoms with Crippen molar-refractivity contribution in [2.45, 2.75) is 11.9 Å². The molecule has 2 aromatic rings. The first kappa shape index (κ1) is 15.1. The average molecular weight is 297 g/mol. The van der Waals surface area contributed by atoms with E-state index in [-0.39, 0.29) is 11.7 Å². The van der Waals surface area contributed by atoms with E-state index in [2.05, 4.69) is 11.1 Å². The maximum absolute atomic E-state index is 12.3. The molecule has 0 bridgehead atoms. The Kier molecular flexibility index (Phi) is 5.35. The summed E-state index contributed by atoms with van der Waals surface area (Å²) in [6.45, 7) is 2.55. The number of hydrogen-bond acceptors (Lipinski definition) is 4. The van der Waals surface area contributed by atoms with Gasteiger partial charge in [0.05, 0.1) is 11.3 Å². The number of amides is 1. The van der Waals surface area contributed by atoms with Crippen molar-refractivity contribution in [3.05, 3.63) is 54.2 Å². The number of thioether (sulfide) groups is 1. The van der Waals surface area contributed by atoms with Crippen molar-refractivity contribution in [1.29, 1.82) is 5.26 Å². The van der Waals surface area contributed by atoms with Gasteiger partial charge in [-0.2, -0.15) is 5.26 Å². The van der Waals surface area contributed by atoms with Gasteiger partial charge in [-0.15, -0.1) is 0 Å². The standard InChI is InChI=1S/C16H15N3OS/c1-2-19(14-8-4-3-5-9-14)15(20)12-21-16-13(11-17)7-6-10-18-16/h3-10H,2,12H2,1H3. The molecule has 4 nitrogen and oxygen atoms in total. The molecule has 0 N–H and O–H groups in total. The van der Waals surface area contributed by atoms with Gasteiger partial charge in [-0.05, 0) is 31.2 Å². The lowest BCUT2D eigenvalue weighted by Gasteiger charge is -2.20. The minimum absolute atomic E-state index is 0.00300. The van der Waals surface area contributed by atoms with E-state index in [9.17, 15) is 4.79 Å². The number of carbonyl (C=O) groups excluding carboxylic acids is 1. The first-order valence-corrected chi connectivity index (χ1v) is 7.58. The zero-order valence-corrected chi connectivity index (χ0v) is 12.5. The molecule has 1 amide bonds. The molecule has 0 fully saturated rings. The van der Waals surface area contributed by atoms with Gasteiger partial charge in [0.25, 0.3) is 0 Å². The van der Waals surface area contributed by atoms with Crippen molar-refractivity contribution >= 4 is 23.4 Å². The highest BCUT2D eigenvalue weighted by atomic mass is 32.2. The number of para-hydroxylation sites is 1. The summed E-state index contributed by atoms with van der Waals surface area (Å²) in [6.07, 6.45) is 1.63. The molecule has 106 valence electrons. The molecule has 0 unspecified atom stereocenters. The van der Waals surface area contributed by atoms with Crippen LogP contribution in [-0.4, -0.2) is 23.2 Å². The number of hydrogen-bond donors (Lipinski definition) is 0. The Balaban J connectivity index is 2.06. The third-order valence-electron chi connectivity index (χ3n) is 2.91. The van der Waals surface area contributed by atoms with Crippen molar-refractivity contribution in [2.24, 2.45) is 0 Å². The van der Waals surface area contributed by atoms with Crippen LogP contribution in [0.25, 0.3) is 0 Å². The largest absolute Gasteiger partial charge is 0.312 e. The number of nitrogens with zero attached hydrogens (tertiary/aromatic N) is 3. The lowest BCUT2D eigenvalue weighted by atomic mass is 10.3. The Bertz CT molecular complexity index is 652. The monoisotopic (exact) mass is 297 g/mol. The van der Waals surface area contributed by atoms with Gasteiger partial charge in [0.15, 0.2) is 0 Å². The first-order chi connectivity index (χ1) is 10.3. The zero-order valence-electron chi connectivity index (χ0n) is 11.7. The van der Waals surface area contributed by atoms with Gasteiger partial charge in [0.1, 0.15) is 11.1 Å². The molecule has 1 aromatic heterocycles. The van der Waals surface area contributed by atoms with E-state index in [0.717, 1.165) is 5.69 Å². The van der Waals surface area contributed by atoms with Crippen LogP contribution >= 0.6 is 11.8 Å². The highest BCUT2D eigenvalue weighted by Crippen LogP contribution is 2.21. The Morgan fingerprint density at radius 2 is 2.05 bits per heavy atom. The Hall–Kier alpha value is -2.32. The molecule has 0 aliphatic carbocycles. The molecule has 1 aromatic carbocycles. The Labute approximate surface area is 128 Å². The minimum atomic E-state index is 0.00300. The second kappa shape index (κ2) is 7.46. The molecular formula is C16H15N3OS. The van der Waals surface area contributed by atoms with Gasteiger partial charge in [-0.3, -0.25) is 4.79 Å². The van der Waals surface area contributed by atoms with Gasteiger partial charge < -0.3 is 4.90 Å². The summed E-state index contributed by atoms with van der Waals surface area (Å²) < 4.78 is 0. The summed E-state index contributed by atoms with van der Waals surface area (Å²) in [5.74, 6) is 0.261. The molecule has 0 atom stereocenters. The normalized spacial score (nSPS) is 9.90. The van der Waals surface area contributed by atoms with Crippen molar-refractivity contribution in [3.63, 3.8) is 0 Å². The highest BCUT2D eigenvalue weighted by molar-refractivity contribution is 8.00. The van der Waals surface area contributed by atoms with Gasteiger partial charge in [-0.25, -0.2) is 4.98 Å². The third kappa shape index (κ3) is 3.83. The predicted molar refractivity (Wildman–Crippen MR) is 84.1 cm³/mol. The van der Waals surface area contributed by atoms with Crippen LogP contribution in [-0.2, 0) is 4.79 Å². The first-order valence-electron chi connectivity index (χ1n) is 6.59. The third-order valence-corrected chi connectivity index (χ3v) is 3.90. The highest BCUT2D eigenvalue weighted by Gasteiger charge is 2.15. The lowest BCUT2D eigenvalue weighted by Crippen LogP contribution is -2.32. The van der Waals surface area contributed by atoms with E-state index < -0.39 is 0 Å². The maximum Gasteiger partial charge on any atom is 0.237 e. The van der Waals surface area contributed by atoms with Crippen LogP contribution < -0.4 is 4.90 Å². The molecule has 0 aliphatic rings. The van der Waals surface area contributed by atoms with E-state index in [4.69, 9.17) is 5.26 Å². The van der Waals surface area contributed by atoms with Gasteiger partial charge in [0.2, 0.25) is 5.91 Å². The van der Waals surface area contributed by atoms with Crippen LogP contribution in [0.4, 0.5) is 5.69 Å². The number of rotatable bonds is 5. The van der Waals surface area contributed by atoms with Gasteiger partial charge in [0, 0.05) is 18.4 Å². The molecule has 0 aliphatic heterocycles. The molecule has 0 saturated carbocycles. The van der Waals surface area contributed by atoms with E-state index in [1.165, 1.54) is 11.8 Å². The van der Waals surface area contributed by atoms with E-state index in [1.807, 2.05) is 37.3 Å². The zero-order chi connectivity index (χ0) is 15.1. The summed E-state index contributed by atoms with van der Waals surface area (Å²) >= 11 is 1.29. The summed E-state index contributed by atoms with van der Waals surface area (Å²) in [7, 11) is 0. The number of anilines is 1. The second-order valence-corrected chi connectivity index (χ2v) is 5.19. The molecule has 0 radical (unpaired) electrons. The average Bonchev–Trinajstić information content (AvgIpc) is 2.55. The number of pyridine rings is 1. The lowest BCUT2D eigenvalue weighted by molar-refractivity contribution is -0.116. The molecule has 0 spiro atoms. The van der Waals surface area contributed by atoms with Crippen molar-refractivity contribution in [2.75, 3.05) is 17.2 Å². The summed E-state index contributed by atoms with van der Waals surface area (Å²) in [4.78, 5) is 18.2. The predicted octanol–water partition coefficient (Wildman–Crippen LogP) is 3.10. The number of carbonyl (C=O) groups is 1. The van der Waals surface area contributed by atoms with Crippen molar-refractivity contribution < 1.29 is 4.79 Å². The molecule has 5 heteroatoms. The van der Waals surface area contributed by atoms with Crippen LogP contribution in [0.5, 0.6) is 0 Å². The maximum atomic E-state index is 12.3. The quantitative estimate of drug-likeness (QED) is 0.796. The summed E-state index contributed by atoms with van der Waals surface area (Å²) in [5.41, 5.74) is 1.38. The van der Waals surface area contributed by atoms with Crippen LogP contribution in [0.1, 0.15) is 12.5 Å². The van der Waals surface area contributed by atoms with Gasteiger partial charge in [-0.1, -0.05) is 30.0 Å². The molecule has 1 heterocycles. The number of aromatic nitrogens is 1. The number of nitriles is 1. The second-order valence-electron chi connectivity index (χ2n) is 4.23. The summed E-state index contributed by atoms with van der Waals surface area (Å²) in [5, 5.41) is 9.61. The molecule has 21 heavy (non-hydrogen) atoms. The fraction of sp³-hybridized carbons (Fsp3) is 0.188. The van der Waals surface area contributed by atoms with Crippen LogP contribution in [0.15, 0.2) is 53.7 Å². The van der Waals surface area contributed by atoms with Crippen LogP contribution in [0.2, 0.25) is 0 Å². The fourth-order valence-electron chi connectivity index (χ4n) is 1.91. The minimum Gasteiger partial charge on any atom is -0.312 e. The smallest absolute Gasteiger partial charge is 0.237 e. The van der Waals surface area contributed by atoms with Crippen molar-refractivity contribution in [1.82, 2.24) is 4.98 Å². The Morgan fingerprint density at radius 3 is 2.71 bits per heavy atom. The molecule has 0 saturated heterocycles. The molecular weight excluding hydrogens is 282 g/mol. The van der Waals surface area contributed by atoms with Crippen molar-refractivity contribution in [3.8, 4) is 6.07 Å². The van der Waals surface area contributed by atoms with E-state index in [1.54, 1.807) is 23.2 Å². The number of benzene rings is 1. The van der Waals surface area contributed by atoms with E-state index >= 15 is 0 Å². The van der Waals surface area contributed by atoms with Crippen LogP contribution in [0, 0.1) is 11.3 Å². The fourth-order valence-corrected chi connectivity index (χ4v) is 2.73. The SMILES string of the molecule is CCN(C(=O)CSc1ncccc1C#N)c1ccccc1. The van der Waals surface area contributed by atoms with Gasteiger partial charge >= 0.3 is 0 Å². The summed E-state index contributed by atoms with van der Waals surface area (Å²) in [6, 6.07) is 15.1. The topological polar surface area (TPSA) is 57.0 Å². The van der Waals surface area contributed by atoms with Crippen LogP contribution in [0.3, 0.4) is 0 Å². The van der Waals surface area contributed by atoms with E-state index in [0.29, 0.717) is 17.1 Å². The molecule has 2 rings (SSSR count).